The summed E-state index contributed by atoms with van der Waals surface area (Å²) in [5, 5.41) is 6.54. The Balaban J connectivity index is 1.82. The molecule has 1 aliphatic heterocycles. The number of pyridine rings is 1. The van der Waals surface area contributed by atoms with Crippen LogP contribution in [0.1, 0.15) is 34.2 Å². The second-order valence-electron chi connectivity index (χ2n) is 6.69. The first kappa shape index (κ1) is 18.4. The number of aliphatic imine (C=N–C) groups is 1. The number of nitrogens with zero attached hydrogens (tertiary/aromatic N) is 3. The molecule has 1 aromatic heterocycles. The van der Waals surface area contributed by atoms with Gasteiger partial charge in [-0.2, -0.15) is 10.1 Å². The number of rotatable bonds is 4. The zero-order valence-electron chi connectivity index (χ0n) is 15.6. The molecule has 0 saturated heterocycles. The van der Waals surface area contributed by atoms with Gasteiger partial charge in [0.05, 0.1) is 17.7 Å². The fourth-order valence-corrected chi connectivity index (χ4v) is 3.57. The number of amides is 2. The Morgan fingerprint density at radius 2 is 1.72 bits per heavy atom. The number of amidine groups is 1. The number of benzene rings is 2. The van der Waals surface area contributed by atoms with Crippen molar-refractivity contribution in [2.45, 2.75) is 12.0 Å². The van der Waals surface area contributed by atoms with Gasteiger partial charge in [-0.3, -0.25) is 4.98 Å². The van der Waals surface area contributed by atoms with Crippen LogP contribution >= 0.6 is 0 Å². The molecule has 2 atom stereocenters. The van der Waals surface area contributed by atoms with E-state index >= 15 is 0 Å². The van der Waals surface area contributed by atoms with Gasteiger partial charge in [0, 0.05) is 23.5 Å². The van der Waals surface area contributed by atoms with Crippen LogP contribution in [0.2, 0.25) is 0 Å². The van der Waals surface area contributed by atoms with Crippen molar-refractivity contribution >= 4 is 17.6 Å². The average Bonchev–Trinajstić information content (AvgIpc) is 2.79. The molecule has 0 saturated carbocycles. The Labute approximate surface area is 168 Å². The number of hydrazone groups is 1. The van der Waals surface area contributed by atoms with E-state index in [1.165, 1.54) is 0 Å². The molecule has 4 rings (SSSR count). The summed E-state index contributed by atoms with van der Waals surface area (Å²) < 4.78 is 0. The molecule has 7 heteroatoms. The van der Waals surface area contributed by atoms with Crippen LogP contribution in [0.5, 0.6) is 0 Å². The Hall–Kier alpha value is -4.00. The highest BCUT2D eigenvalue weighted by Crippen LogP contribution is 2.37. The normalized spacial score (nSPS) is 19.4. The summed E-state index contributed by atoms with van der Waals surface area (Å²) in [7, 11) is 0. The maximum absolute atomic E-state index is 12.5. The van der Waals surface area contributed by atoms with Crippen LogP contribution in [0.15, 0.2) is 89.2 Å². The minimum Gasteiger partial charge on any atom is -0.382 e. The van der Waals surface area contributed by atoms with Crippen molar-refractivity contribution < 1.29 is 4.79 Å². The highest BCUT2D eigenvalue weighted by molar-refractivity contribution is 6.12. The zero-order valence-corrected chi connectivity index (χ0v) is 15.6. The van der Waals surface area contributed by atoms with Gasteiger partial charge in [-0.05, 0) is 17.2 Å². The second kappa shape index (κ2) is 7.93. The zero-order chi connectivity index (χ0) is 20.2. The van der Waals surface area contributed by atoms with Crippen LogP contribution in [0.25, 0.3) is 0 Å². The minimum atomic E-state index is -0.381. The second-order valence-corrected chi connectivity index (χ2v) is 6.69. The molecular formula is C22H20N6O. The third kappa shape index (κ3) is 3.70. The number of hydrogen-bond donors (Lipinski definition) is 3. The Bertz CT molecular complexity index is 1060. The fraction of sp³-hybridized carbons (Fsp3) is 0.0909. The molecule has 2 heterocycles. The SMILES string of the molecule is NN=C(N)c1ccc(C2NC(=O)N=C(c3cccnc3)C2c2ccccc2)cc1. The first-order valence-electron chi connectivity index (χ1n) is 9.15. The third-order valence-electron chi connectivity index (χ3n) is 4.95. The van der Waals surface area contributed by atoms with Gasteiger partial charge in [0.25, 0.3) is 0 Å². The first-order valence-corrected chi connectivity index (χ1v) is 9.15. The van der Waals surface area contributed by atoms with Gasteiger partial charge < -0.3 is 16.9 Å². The third-order valence-corrected chi connectivity index (χ3v) is 4.95. The monoisotopic (exact) mass is 384 g/mol. The number of carbonyl (C=O) groups excluding carboxylic acids is 1. The summed E-state index contributed by atoms with van der Waals surface area (Å²) in [5.74, 6) is 5.34. The van der Waals surface area contributed by atoms with E-state index in [1.54, 1.807) is 12.4 Å². The number of nitrogens with two attached hydrogens (primary N) is 2. The van der Waals surface area contributed by atoms with Crippen molar-refractivity contribution in [2.24, 2.45) is 21.7 Å². The highest BCUT2D eigenvalue weighted by Gasteiger charge is 2.35. The number of carbonyl (C=O) groups is 1. The van der Waals surface area contributed by atoms with Gasteiger partial charge >= 0.3 is 6.03 Å². The minimum absolute atomic E-state index is 0.176. The first-order chi connectivity index (χ1) is 14.2. The summed E-state index contributed by atoms with van der Waals surface area (Å²) in [4.78, 5) is 21.0. The number of aromatic nitrogens is 1. The predicted molar refractivity (Wildman–Crippen MR) is 113 cm³/mol. The van der Waals surface area contributed by atoms with Gasteiger partial charge in [0.15, 0.2) is 0 Å². The largest absolute Gasteiger partial charge is 0.382 e. The quantitative estimate of drug-likeness (QED) is 0.277. The standard InChI is InChI=1S/C22H20N6O/c23-21(28-24)16-10-8-15(9-11-16)19-18(14-5-2-1-3-6-14)20(27-22(29)26-19)17-7-4-12-25-13-17/h1-13,18-19H,24H2,(H2,23,28)(H,26,29). The molecule has 0 radical (unpaired) electrons. The van der Waals surface area contributed by atoms with Crippen molar-refractivity contribution in [1.29, 1.82) is 0 Å². The van der Waals surface area contributed by atoms with Gasteiger partial charge in [-0.15, -0.1) is 0 Å². The summed E-state index contributed by atoms with van der Waals surface area (Å²) in [5.41, 5.74) is 9.99. The molecule has 0 aliphatic carbocycles. The lowest BCUT2D eigenvalue weighted by atomic mass is 9.80. The summed E-state index contributed by atoms with van der Waals surface area (Å²) in [6.07, 6.45) is 3.43. The molecule has 2 aromatic carbocycles. The van der Waals surface area contributed by atoms with Gasteiger partial charge in [-0.25, -0.2) is 4.79 Å². The van der Waals surface area contributed by atoms with Crippen LogP contribution in [0.3, 0.4) is 0 Å². The highest BCUT2D eigenvalue weighted by atomic mass is 16.2. The van der Waals surface area contributed by atoms with Crippen LogP contribution in [-0.4, -0.2) is 22.6 Å². The van der Waals surface area contributed by atoms with Crippen molar-refractivity contribution in [1.82, 2.24) is 10.3 Å². The maximum atomic E-state index is 12.5. The molecule has 7 nitrogen and oxygen atoms in total. The van der Waals surface area contributed by atoms with Crippen molar-refractivity contribution in [3.8, 4) is 0 Å². The van der Waals surface area contributed by atoms with E-state index < -0.39 is 0 Å². The lowest BCUT2D eigenvalue weighted by Crippen LogP contribution is -2.40. The van der Waals surface area contributed by atoms with E-state index in [1.807, 2.05) is 66.7 Å². The molecule has 0 bridgehead atoms. The van der Waals surface area contributed by atoms with E-state index in [0.29, 0.717) is 5.71 Å². The lowest BCUT2D eigenvalue weighted by Gasteiger charge is -2.33. The smallest absolute Gasteiger partial charge is 0.341 e. The Morgan fingerprint density at radius 1 is 0.966 bits per heavy atom. The fourth-order valence-electron chi connectivity index (χ4n) is 3.57. The maximum Gasteiger partial charge on any atom is 0.341 e. The summed E-state index contributed by atoms with van der Waals surface area (Å²) in [6, 6.07) is 20.6. The number of nitrogens with one attached hydrogen (secondary N) is 1. The molecule has 0 spiro atoms. The van der Waals surface area contributed by atoms with E-state index in [-0.39, 0.29) is 23.8 Å². The van der Waals surface area contributed by atoms with E-state index in [4.69, 9.17) is 11.6 Å². The Morgan fingerprint density at radius 3 is 2.38 bits per heavy atom. The molecule has 2 unspecified atom stereocenters. The number of urea groups is 1. The molecule has 3 aromatic rings. The van der Waals surface area contributed by atoms with Crippen molar-refractivity contribution in [3.63, 3.8) is 0 Å². The topological polar surface area (TPSA) is 119 Å². The van der Waals surface area contributed by atoms with Crippen LogP contribution in [-0.2, 0) is 0 Å². The molecule has 5 N–H and O–H groups in total. The van der Waals surface area contributed by atoms with Gasteiger partial charge in [0.1, 0.15) is 5.84 Å². The van der Waals surface area contributed by atoms with Crippen LogP contribution in [0.4, 0.5) is 4.79 Å². The molecular weight excluding hydrogens is 364 g/mol. The van der Waals surface area contributed by atoms with E-state index in [0.717, 1.165) is 22.3 Å². The van der Waals surface area contributed by atoms with Gasteiger partial charge in [-0.1, -0.05) is 60.7 Å². The molecule has 29 heavy (non-hydrogen) atoms. The average molecular weight is 384 g/mol. The molecule has 1 aliphatic rings. The summed E-state index contributed by atoms with van der Waals surface area (Å²) in [6.45, 7) is 0. The molecule has 2 amide bonds. The van der Waals surface area contributed by atoms with Crippen LogP contribution in [0, 0.1) is 0 Å². The van der Waals surface area contributed by atoms with E-state index in [2.05, 4.69) is 20.4 Å². The van der Waals surface area contributed by atoms with Crippen molar-refractivity contribution in [2.75, 3.05) is 0 Å². The Kier molecular flexibility index (Phi) is 5.03. The van der Waals surface area contributed by atoms with Crippen LogP contribution < -0.4 is 16.9 Å². The van der Waals surface area contributed by atoms with Gasteiger partial charge in [0.2, 0.25) is 0 Å². The van der Waals surface area contributed by atoms with E-state index in [9.17, 15) is 4.79 Å². The molecule has 0 fully saturated rings. The lowest BCUT2D eigenvalue weighted by molar-refractivity contribution is 0.243. The number of hydrogen-bond acceptors (Lipinski definition) is 4. The summed E-state index contributed by atoms with van der Waals surface area (Å²) >= 11 is 0. The van der Waals surface area contributed by atoms with Crippen molar-refractivity contribution in [3.05, 3.63) is 101 Å². The molecule has 144 valence electrons. The predicted octanol–water partition coefficient (Wildman–Crippen LogP) is 2.70.